The number of rotatable bonds is 19. The minimum Gasteiger partial charge on any atom is -0.376 e. The van der Waals surface area contributed by atoms with Crippen LogP contribution in [-0.2, 0) is 57.1 Å². The first-order chi connectivity index (χ1) is 22.8. The van der Waals surface area contributed by atoms with E-state index < -0.39 is 30.4 Å². The van der Waals surface area contributed by atoms with Crippen molar-refractivity contribution in [1.29, 1.82) is 0 Å². The Labute approximate surface area is 296 Å². The van der Waals surface area contributed by atoms with E-state index in [1.165, 1.54) is 6.42 Å². The largest absolute Gasteiger partial charge is 0.376 e. The van der Waals surface area contributed by atoms with Gasteiger partial charge in [-0.1, -0.05) is 47.0 Å². The lowest BCUT2D eigenvalue weighted by Gasteiger charge is -2.64. The molecule has 11 atom stereocenters. The van der Waals surface area contributed by atoms with Gasteiger partial charge in [0.2, 0.25) is 0 Å². The van der Waals surface area contributed by atoms with Gasteiger partial charge in [-0.15, -0.1) is 0 Å². The van der Waals surface area contributed by atoms with Gasteiger partial charge in [-0.2, -0.15) is 25.3 Å². The van der Waals surface area contributed by atoms with Gasteiger partial charge in [0.25, 0.3) is 30.4 Å². The first-order valence-electron chi connectivity index (χ1n) is 18.2. The zero-order chi connectivity index (χ0) is 36.3. The predicted octanol–water partition coefficient (Wildman–Crippen LogP) is 4.78. The molecule has 4 aliphatic rings. The van der Waals surface area contributed by atoms with Crippen LogP contribution in [0.15, 0.2) is 0 Å². The summed E-state index contributed by atoms with van der Waals surface area (Å²) in [5, 5.41) is 0. The number of hydrogen-bond donors (Lipinski definition) is 0. The van der Waals surface area contributed by atoms with E-state index in [1.54, 1.807) is 0 Å². The van der Waals surface area contributed by atoms with Crippen LogP contribution in [0.25, 0.3) is 0 Å². The van der Waals surface area contributed by atoms with Crippen molar-refractivity contribution < 1.29 is 52.0 Å². The second kappa shape index (κ2) is 16.7. The summed E-state index contributed by atoms with van der Waals surface area (Å²) in [4.78, 5) is 0. The molecule has 0 heterocycles. The maximum Gasteiger partial charge on any atom is 0.264 e. The maximum absolute atomic E-state index is 11.7. The Kier molecular flexibility index (Phi) is 14.1. The molecule has 0 aromatic rings. The highest BCUT2D eigenvalue weighted by Gasteiger charge is 2.66. The van der Waals surface area contributed by atoms with Crippen LogP contribution in [-0.4, -0.2) is 102 Å². The molecule has 0 saturated heterocycles. The molecule has 4 fully saturated rings. The maximum atomic E-state index is 11.7. The van der Waals surface area contributed by atoms with Gasteiger partial charge in [0.15, 0.2) is 0 Å². The van der Waals surface area contributed by atoms with Crippen molar-refractivity contribution in [1.82, 2.24) is 0 Å². The zero-order valence-electron chi connectivity index (χ0n) is 30.6. The van der Waals surface area contributed by atoms with Gasteiger partial charge in [-0.3, -0.25) is 12.5 Å². The van der Waals surface area contributed by atoms with E-state index in [-0.39, 0.29) is 86.5 Å². The van der Waals surface area contributed by atoms with Crippen molar-refractivity contribution in [3.8, 4) is 0 Å². The Balaban J connectivity index is 1.62. The Morgan fingerprint density at radius 3 is 1.84 bits per heavy atom. The quantitative estimate of drug-likeness (QED) is 0.131. The molecule has 4 saturated carbocycles. The van der Waals surface area contributed by atoms with Crippen molar-refractivity contribution in [2.24, 2.45) is 46.3 Å². The van der Waals surface area contributed by atoms with E-state index in [1.807, 2.05) is 0 Å². The highest BCUT2D eigenvalue weighted by molar-refractivity contribution is 7.86. The van der Waals surface area contributed by atoms with Crippen molar-refractivity contribution in [3.63, 3.8) is 0 Å². The van der Waals surface area contributed by atoms with Crippen LogP contribution in [0.1, 0.15) is 91.9 Å². The lowest BCUT2D eigenvalue weighted by Crippen LogP contribution is -2.63. The van der Waals surface area contributed by atoms with Crippen LogP contribution in [0.3, 0.4) is 0 Å². The molecule has 0 spiro atoms. The molecule has 0 aliphatic heterocycles. The number of ether oxygens (including phenoxy) is 3. The molecular formula is C34H62O12S3. The minimum atomic E-state index is -3.59. The summed E-state index contributed by atoms with van der Waals surface area (Å²) in [6.07, 6.45) is 12.8. The monoisotopic (exact) mass is 758 g/mol. The third kappa shape index (κ3) is 10.6. The third-order valence-electron chi connectivity index (χ3n) is 12.6. The first-order valence-corrected chi connectivity index (χ1v) is 23.6. The molecule has 0 bridgehead atoms. The fourth-order valence-electron chi connectivity index (χ4n) is 10.5. The average molecular weight is 759 g/mol. The summed E-state index contributed by atoms with van der Waals surface area (Å²) in [5.41, 5.74) is -0.164. The number of unbranched alkanes of at least 4 members (excludes halogenated alkanes) is 1. The topological polar surface area (TPSA) is 158 Å². The highest BCUT2D eigenvalue weighted by Crippen LogP contribution is 2.69. The van der Waals surface area contributed by atoms with Gasteiger partial charge in [-0.05, 0) is 85.9 Å². The molecule has 4 aliphatic carbocycles. The molecule has 0 aromatic carbocycles. The second-order valence-electron chi connectivity index (χ2n) is 15.7. The fraction of sp³-hybridized carbons (Fsp3) is 1.00. The fourth-order valence-corrected chi connectivity index (χ4v) is 11.6. The van der Waals surface area contributed by atoms with Crippen molar-refractivity contribution >= 4 is 30.4 Å². The van der Waals surface area contributed by atoms with E-state index in [4.69, 9.17) is 26.8 Å². The molecule has 0 aromatic heterocycles. The van der Waals surface area contributed by atoms with Crippen LogP contribution >= 0.6 is 0 Å². The summed E-state index contributed by atoms with van der Waals surface area (Å²) < 4.78 is 104. The van der Waals surface area contributed by atoms with E-state index in [0.717, 1.165) is 76.6 Å². The van der Waals surface area contributed by atoms with Crippen molar-refractivity contribution in [2.75, 3.05) is 58.4 Å². The molecular weight excluding hydrogens is 697 g/mol. The molecule has 12 nitrogen and oxygen atoms in total. The van der Waals surface area contributed by atoms with Gasteiger partial charge < -0.3 is 14.2 Å². The standard InChI is InChI=1S/C34H62O12S3/c1-8-9-10-24(2)27-11-12-28-32-29(23-31(34(27,28)4)43-17-20-46-49(7,39)40)33(3)14-13-26(41-15-18-44-47(5,35)36)21-25(33)22-30(32)42-16-19-45-48(6,37)38/h24-32H,8-23H2,1-7H3. The Hall–Kier alpha value is -0.390. The van der Waals surface area contributed by atoms with Crippen LogP contribution < -0.4 is 0 Å². The third-order valence-corrected chi connectivity index (χ3v) is 14.4. The average Bonchev–Trinajstić information content (AvgIpc) is 3.35. The van der Waals surface area contributed by atoms with Gasteiger partial charge in [0.1, 0.15) is 0 Å². The zero-order valence-corrected chi connectivity index (χ0v) is 33.1. The second-order valence-corrected chi connectivity index (χ2v) is 20.7. The van der Waals surface area contributed by atoms with Crippen LogP contribution in [0, 0.1) is 46.3 Å². The summed E-state index contributed by atoms with van der Waals surface area (Å²) in [6.45, 7) is 9.90. The lowest BCUT2D eigenvalue weighted by atomic mass is 9.43. The van der Waals surface area contributed by atoms with E-state index in [9.17, 15) is 25.3 Å². The molecule has 49 heavy (non-hydrogen) atoms. The van der Waals surface area contributed by atoms with Crippen molar-refractivity contribution in [2.45, 2.75) is 110 Å². The van der Waals surface area contributed by atoms with Crippen LogP contribution in [0.5, 0.6) is 0 Å². The van der Waals surface area contributed by atoms with E-state index in [2.05, 4.69) is 27.7 Å². The van der Waals surface area contributed by atoms with Crippen LogP contribution in [0.4, 0.5) is 0 Å². The Bertz CT molecular complexity index is 1400. The molecule has 0 radical (unpaired) electrons. The first kappa shape index (κ1) is 41.4. The SMILES string of the molecule is CCCCC(C)C1CCC2C3C(OCCOS(C)(=O)=O)CC4CC(OCCOS(C)(=O)=O)CCC4(C)C3CC(OCCOS(C)(=O)=O)C12C. The van der Waals surface area contributed by atoms with Crippen molar-refractivity contribution in [3.05, 3.63) is 0 Å². The predicted molar refractivity (Wildman–Crippen MR) is 186 cm³/mol. The van der Waals surface area contributed by atoms with Gasteiger partial charge >= 0.3 is 0 Å². The number of fused-ring (bicyclic) bond motifs is 5. The minimum absolute atomic E-state index is 0.0188. The summed E-state index contributed by atoms with van der Waals surface area (Å²) >= 11 is 0. The molecule has 0 N–H and O–H groups in total. The summed E-state index contributed by atoms with van der Waals surface area (Å²) in [5.74, 6) is 2.07. The summed E-state index contributed by atoms with van der Waals surface area (Å²) in [6, 6.07) is 0. The van der Waals surface area contributed by atoms with Gasteiger partial charge in [0, 0.05) is 5.41 Å². The van der Waals surface area contributed by atoms with Crippen LogP contribution in [0.2, 0.25) is 0 Å². The lowest BCUT2D eigenvalue weighted by molar-refractivity contribution is -0.229. The molecule has 4 rings (SSSR count). The van der Waals surface area contributed by atoms with E-state index >= 15 is 0 Å². The normalized spacial score (nSPS) is 37.3. The molecule has 288 valence electrons. The number of hydrogen-bond acceptors (Lipinski definition) is 12. The smallest absolute Gasteiger partial charge is 0.264 e. The molecule has 11 unspecified atom stereocenters. The summed E-state index contributed by atoms with van der Waals surface area (Å²) in [7, 11) is -10.7. The highest BCUT2D eigenvalue weighted by atomic mass is 32.2. The Morgan fingerprint density at radius 2 is 1.27 bits per heavy atom. The molecule has 0 amide bonds. The van der Waals surface area contributed by atoms with Gasteiger partial charge in [0.05, 0.1) is 76.7 Å². The van der Waals surface area contributed by atoms with Gasteiger partial charge in [-0.25, -0.2) is 0 Å². The molecule has 15 heteroatoms. The Morgan fingerprint density at radius 1 is 0.694 bits per heavy atom. The van der Waals surface area contributed by atoms with E-state index in [0.29, 0.717) is 17.8 Å².